The highest BCUT2D eigenvalue weighted by Crippen LogP contribution is 2.48. The fourth-order valence-corrected chi connectivity index (χ4v) is 3.00. The minimum Gasteiger partial charge on any atom is -0.468 e. The normalized spacial score (nSPS) is 16.2. The third-order valence-electron chi connectivity index (χ3n) is 3.43. The molecule has 1 amide bonds. The lowest BCUT2D eigenvalue weighted by molar-refractivity contribution is -0.155. The highest BCUT2D eigenvalue weighted by atomic mass is 32.1. The maximum Gasteiger partial charge on any atom is 0.321 e. The summed E-state index contributed by atoms with van der Waals surface area (Å²) < 4.78 is 4.72. The number of nitrogens with zero attached hydrogens (tertiary/aromatic N) is 1. The molecular weight excluding hydrogens is 250 g/mol. The largest absolute Gasteiger partial charge is 0.468 e. The molecule has 4 nitrogen and oxygen atoms in total. The Bertz CT molecular complexity index is 476. The first kappa shape index (κ1) is 13.1. The number of methoxy groups -OCH3 is 1. The van der Waals surface area contributed by atoms with Gasteiger partial charge in [0.05, 0.1) is 13.7 Å². The molecule has 0 aromatic carbocycles. The molecule has 1 saturated carbocycles. The summed E-state index contributed by atoms with van der Waals surface area (Å²) >= 11 is 1.63. The maximum absolute atomic E-state index is 12.3. The molecule has 2 rings (SSSR count). The van der Waals surface area contributed by atoms with Crippen molar-refractivity contribution < 1.29 is 14.3 Å². The highest BCUT2D eigenvalue weighted by molar-refractivity contribution is 7.10. The zero-order chi connectivity index (χ0) is 13.3. The number of ether oxygens (including phenoxy) is 1. The molecule has 0 N–H and O–H groups in total. The quantitative estimate of drug-likeness (QED) is 0.619. The average molecular weight is 267 g/mol. The van der Waals surface area contributed by atoms with Crippen molar-refractivity contribution in [2.24, 2.45) is 5.41 Å². The Morgan fingerprint density at radius 2 is 2.17 bits per heavy atom. The predicted octanol–water partition coefficient (Wildman–Crippen LogP) is 1.97. The molecule has 1 aromatic heterocycles. The van der Waals surface area contributed by atoms with Crippen LogP contribution < -0.4 is 0 Å². The molecule has 0 aliphatic heterocycles. The van der Waals surface area contributed by atoms with Crippen molar-refractivity contribution in [2.45, 2.75) is 26.3 Å². The van der Waals surface area contributed by atoms with Gasteiger partial charge in [0, 0.05) is 11.9 Å². The van der Waals surface area contributed by atoms with Crippen LogP contribution >= 0.6 is 11.3 Å². The number of carbonyl (C=O) groups is 2. The first-order valence-corrected chi connectivity index (χ1v) is 6.76. The van der Waals surface area contributed by atoms with Gasteiger partial charge in [-0.25, -0.2) is 0 Å². The van der Waals surface area contributed by atoms with Crippen molar-refractivity contribution in [3.05, 3.63) is 21.9 Å². The van der Waals surface area contributed by atoms with Crippen molar-refractivity contribution in [1.82, 2.24) is 4.90 Å². The van der Waals surface area contributed by atoms with E-state index < -0.39 is 11.4 Å². The smallest absolute Gasteiger partial charge is 0.321 e. The van der Waals surface area contributed by atoms with Crippen LogP contribution in [0.15, 0.2) is 11.4 Å². The minimum atomic E-state index is -0.894. The Labute approximate surface area is 111 Å². The molecule has 18 heavy (non-hydrogen) atoms. The Hall–Kier alpha value is -1.36. The van der Waals surface area contributed by atoms with Crippen LogP contribution in [0.4, 0.5) is 0 Å². The molecule has 0 bridgehead atoms. The molecule has 5 heteroatoms. The molecule has 1 fully saturated rings. The van der Waals surface area contributed by atoms with E-state index in [4.69, 9.17) is 4.74 Å². The molecule has 1 aromatic rings. The van der Waals surface area contributed by atoms with E-state index in [0.29, 0.717) is 19.4 Å². The van der Waals surface area contributed by atoms with Crippen molar-refractivity contribution in [1.29, 1.82) is 0 Å². The van der Waals surface area contributed by atoms with E-state index in [1.165, 1.54) is 12.7 Å². The second-order valence-corrected chi connectivity index (χ2v) is 5.76. The standard InChI is InChI=1S/C13H17NO3S/c1-9-4-7-18-10(9)8-14(2)11(15)13(5-6-13)12(16)17-3/h4,7H,5-6,8H2,1-3H3. The van der Waals surface area contributed by atoms with Gasteiger partial charge in [-0.05, 0) is 36.8 Å². The lowest BCUT2D eigenvalue weighted by Gasteiger charge is -2.21. The summed E-state index contributed by atoms with van der Waals surface area (Å²) in [5.41, 5.74) is 0.289. The van der Waals surface area contributed by atoms with Crippen LogP contribution in [0.3, 0.4) is 0 Å². The molecule has 1 heterocycles. The molecule has 1 aliphatic rings. The lowest BCUT2D eigenvalue weighted by atomic mass is 10.1. The SMILES string of the molecule is COC(=O)C1(C(=O)N(C)Cc2sccc2C)CC1. The number of amides is 1. The van der Waals surface area contributed by atoms with E-state index in [9.17, 15) is 9.59 Å². The van der Waals surface area contributed by atoms with Gasteiger partial charge in [-0.3, -0.25) is 9.59 Å². The molecule has 98 valence electrons. The molecule has 0 radical (unpaired) electrons. The molecular formula is C13H17NO3S. The van der Waals surface area contributed by atoms with Crippen LogP contribution in [-0.4, -0.2) is 30.9 Å². The van der Waals surface area contributed by atoms with Gasteiger partial charge in [-0.1, -0.05) is 0 Å². The van der Waals surface area contributed by atoms with Crippen molar-refractivity contribution in [3.63, 3.8) is 0 Å². The van der Waals surface area contributed by atoms with Gasteiger partial charge in [0.25, 0.3) is 0 Å². The van der Waals surface area contributed by atoms with Gasteiger partial charge >= 0.3 is 5.97 Å². The topological polar surface area (TPSA) is 46.6 Å². The van der Waals surface area contributed by atoms with Gasteiger partial charge in [0.2, 0.25) is 5.91 Å². The van der Waals surface area contributed by atoms with Gasteiger partial charge in [-0.15, -0.1) is 11.3 Å². The van der Waals surface area contributed by atoms with Crippen molar-refractivity contribution >= 4 is 23.2 Å². The van der Waals surface area contributed by atoms with E-state index in [1.54, 1.807) is 23.3 Å². The Kier molecular flexibility index (Phi) is 3.43. The summed E-state index contributed by atoms with van der Waals surface area (Å²) in [5.74, 6) is -0.524. The van der Waals surface area contributed by atoms with Crippen LogP contribution in [0.2, 0.25) is 0 Å². The lowest BCUT2D eigenvalue weighted by Crippen LogP contribution is -2.38. The summed E-state index contributed by atoms with van der Waals surface area (Å²) in [6.45, 7) is 2.58. The third kappa shape index (κ3) is 2.14. The van der Waals surface area contributed by atoms with Gasteiger partial charge in [0.1, 0.15) is 5.41 Å². The Balaban J connectivity index is 2.06. The molecule has 0 saturated heterocycles. The van der Waals surface area contributed by atoms with Crippen LogP contribution in [0.5, 0.6) is 0 Å². The summed E-state index contributed by atoms with van der Waals surface area (Å²) in [4.78, 5) is 26.7. The number of hydrogen-bond donors (Lipinski definition) is 0. The Morgan fingerprint density at radius 3 is 2.61 bits per heavy atom. The number of thiophene rings is 1. The first-order chi connectivity index (χ1) is 8.51. The number of esters is 1. The van der Waals surface area contributed by atoms with Crippen LogP contribution in [0.1, 0.15) is 23.3 Å². The molecule has 0 spiro atoms. The van der Waals surface area contributed by atoms with E-state index in [2.05, 4.69) is 0 Å². The van der Waals surface area contributed by atoms with E-state index in [0.717, 1.165) is 4.88 Å². The van der Waals surface area contributed by atoms with E-state index in [1.807, 2.05) is 18.4 Å². The van der Waals surface area contributed by atoms with Gasteiger partial charge < -0.3 is 9.64 Å². The number of aryl methyl sites for hydroxylation is 1. The summed E-state index contributed by atoms with van der Waals surface area (Å²) in [7, 11) is 3.07. The summed E-state index contributed by atoms with van der Waals surface area (Å²) in [5, 5.41) is 2.01. The monoisotopic (exact) mass is 267 g/mol. The average Bonchev–Trinajstić information content (AvgIpc) is 3.08. The number of hydrogen-bond acceptors (Lipinski definition) is 4. The maximum atomic E-state index is 12.3. The molecule has 1 aliphatic carbocycles. The predicted molar refractivity (Wildman–Crippen MR) is 69.2 cm³/mol. The fraction of sp³-hybridized carbons (Fsp3) is 0.538. The third-order valence-corrected chi connectivity index (χ3v) is 4.44. The summed E-state index contributed by atoms with van der Waals surface area (Å²) in [6.07, 6.45) is 1.21. The molecule has 0 unspecified atom stereocenters. The summed E-state index contributed by atoms with van der Waals surface area (Å²) in [6, 6.07) is 2.03. The van der Waals surface area contributed by atoms with Crippen LogP contribution in [0, 0.1) is 12.3 Å². The van der Waals surface area contributed by atoms with Gasteiger partial charge in [-0.2, -0.15) is 0 Å². The van der Waals surface area contributed by atoms with Crippen LogP contribution in [0.25, 0.3) is 0 Å². The van der Waals surface area contributed by atoms with E-state index in [-0.39, 0.29) is 5.91 Å². The van der Waals surface area contributed by atoms with E-state index >= 15 is 0 Å². The van der Waals surface area contributed by atoms with Crippen molar-refractivity contribution in [2.75, 3.05) is 14.2 Å². The number of carbonyl (C=O) groups excluding carboxylic acids is 2. The zero-order valence-corrected chi connectivity index (χ0v) is 11.7. The van der Waals surface area contributed by atoms with Crippen LogP contribution in [-0.2, 0) is 20.9 Å². The second-order valence-electron chi connectivity index (χ2n) is 4.76. The second kappa shape index (κ2) is 4.72. The number of rotatable bonds is 4. The fourth-order valence-electron chi connectivity index (χ4n) is 2.04. The highest BCUT2D eigenvalue weighted by Gasteiger charge is 2.58. The van der Waals surface area contributed by atoms with Crippen molar-refractivity contribution in [3.8, 4) is 0 Å². The zero-order valence-electron chi connectivity index (χ0n) is 10.9. The Morgan fingerprint density at radius 1 is 1.50 bits per heavy atom. The minimum absolute atomic E-state index is 0.123. The molecule has 0 atom stereocenters. The first-order valence-electron chi connectivity index (χ1n) is 5.88. The van der Waals surface area contributed by atoms with Gasteiger partial charge in [0.15, 0.2) is 0 Å².